The molecule has 3 heteroatoms. The van der Waals surface area contributed by atoms with Crippen LogP contribution in [-0.2, 0) is 11.2 Å². The fourth-order valence-corrected chi connectivity index (χ4v) is 3.64. The van der Waals surface area contributed by atoms with Gasteiger partial charge < -0.3 is 5.32 Å². The molecule has 1 aromatic carbocycles. The zero-order valence-corrected chi connectivity index (χ0v) is 14.0. The van der Waals surface area contributed by atoms with Gasteiger partial charge in [-0.1, -0.05) is 45.0 Å². The van der Waals surface area contributed by atoms with Gasteiger partial charge in [-0.05, 0) is 42.2 Å². The van der Waals surface area contributed by atoms with E-state index >= 15 is 0 Å². The van der Waals surface area contributed by atoms with Gasteiger partial charge in [0.05, 0.1) is 11.3 Å². The van der Waals surface area contributed by atoms with E-state index in [1.165, 1.54) is 11.1 Å². The van der Waals surface area contributed by atoms with Crippen LogP contribution >= 0.6 is 11.6 Å². The summed E-state index contributed by atoms with van der Waals surface area (Å²) in [6, 6.07) is 8.30. The first-order chi connectivity index (χ1) is 9.87. The molecule has 2 nitrogen and oxygen atoms in total. The fraction of sp³-hybridized carbons (Fsp3) is 0.611. The number of carbonyl (C=O) groups excluding carboxylic acids is 1. The van der Waals surface area contributed by atoms with Crippen LogP contribution in [-0.4, -0.2) is 17.8 Å². The van der Waals surface area contributed by atoms with Crippen molar-refractivity contribution >= 4 is 17.5 Å². The molecule has 0 saturated heterocycles. The first-order valence-corrected chi connectivity index (χ1v) is 8.30. The first-order valence-electron chi connectivity index (χ1n) is 7.86. The molecule has 0 bridgehead atoms. The van der Waals surface area contributed by atoms with Crippen LogP contribution in [0.1, 0.15) is 57.1 Å². The Morgan fingerprint density at radius 1 is 1.38 bits per heavy atom. The molecule has 0 radical (unpaired) electrons. The van der Waals surface area contributed by atoms with Crippen molar-refractivity contribution in [3.8, 4) is 0 Å². The molecule has 0 aromatic heterocycles. The minimum Gasteiger partial charge on any atom is -0.354 e. The molecule has 1 amide bonds. The van der Waals surface area contributed by atoms with Gasteiger partial charge in [0.25, 0.3) is 0 Å². The molecule has 0 heterocycles. The second-order valence-corrected chi connectivity index (χ2v) is 7.87. The highest BCUT2D eigenvalue weighted by molar-refractivity contribution is 6.20. The third kappa shape index (κ3) is 4.74. The highest BCUT2D eigenvalue weighted by Gasteiger charge is 2.26. The number of benzene rings is 1. The number of aryl methyl sites for hydroxylation is 1. The molecule has 2 unspecified atom stereocenters. The number of hydrogen-bond donors (Lipinski definition) is 1. The minimum absolute atomic E-state index is 0.00606. The molecule has 0 fully saturated rings. The Kier molecular flexibility index (Phi) is 5.32. The Bertz CT molecular complexity index is 492. The van der Waals surface area contributed by atoms with Crippen LogP contribution in [0.5, 0.6) is 0 Å². The molecule has 1 N–H and O–H groups in total. The molecule has 2 atom stereocenters. The van der Waals surface area contributed by atoms with Crippen molar-refractivity contribution in [1.29, 1.82) is 0 Å². The summed E-state index contributed by atoms with van der Waals surface area (Å²) in [4.78, 5) is 12.5. The van der Waals surface area contributed by atoms with Gasteiger partial charge in [-0.25, -0.2) is 0 Å². The van der Waals surface area contributed by atoms with Crippen molar-refractivity contribution in [1.82, 2.24) is 5.32 Å². The monoisotopic (exact) mass is 307 g/mol. The molecule has 21 heavy (non-hydrogen) atoms. The molecule has 0 aliphatic heterocycles. The Balaban J connectivity index is 1.93. The van der Waals surface area contributed by atoms with Crippen LogP contribution in [0, 0.1) is 5.41 Å². The molecule has 116 valence electrons. The van der Waals surface area contributed by atoms with E-state index in [1.807, 2.05) is 6.07 Å². The number of carbonyl (C=O) groups is 1. The molecule has 1 aliphatic carbocycles. The predicted molar refractivity (Wildman–Crippen MR) is 88.8 cm³/mol. The quantitative estimate of drug-likeness (QED) is 0.827. The Morgan fingerprint density at radius 3 is 2.81 bits per heavy atom. The maximum Gasteiger partial charge on any atom is 0.227 e. The summed E-state index contributed by atoms with van der Waals surface area (Å²) in [6.45, 7) is 7.06. The van der Waals surface area contributed by atoms with Gasteiger partial charge in [0.15, 0.2) is 0 Å². The molecule has 0 saturated carbocycles. The summed E-state index contributed by atoms with van der Waals surface area (Å²) in [5.41, 5.74) is 2.71. The van der Waals surface area contributed by atoms with E-state index < -0.39 is 0 Å². The standard InChI is InChI=1S/C18H26ClNO/c1-18(2,3)11-14(19)12-20-17(21)16-10-6-8-13-7-4-5-9-15(13)16/h4-5,7,9,14,16H,6,8,10-12H2,1-3H3,(H,20,21). The van der Waals surface area contributed by atoms with Crippen LogP contribution in [0.3, 0.4) is 0 Å². The molecule has 1 aromatic rings. The van der Waals surface area contributed by atoms with Crippen molar-refractivity contribution in [2.24, 2.45) is 5.41 Å². The van der Waals surface area contributed by atoms with E-state index in [1.54, 1.807) is 0 Å². The van der Waals surface area contributed by atoms with E-state index in [0.29, 0.717) is 6.54 Å². The molecule has 0 spiro atoms. The summed E-state index contributed by atoms with van der Waals surface area (Å²) < 4.78 is 0. The lowest BCUT2D eigenvalue weighted by Crippen LogP contribution is -2.36. The van der Waals surface area contributed by atoms with E-state index in [4.69, 9.17) is 11.6 Å². The van der Waals surface area contributed by atoms with E-state index in [-0.39, 0.29) is 22.6 Å². The summed E-state index contributed by atoms with van der Waals surface area (Å²) in [5.74, 6) is 0.121. The summed E-state index contributed by atoms with van der Waals surface area (Å²) in [7, 11) is 0. The molecular weight excluding hydrogens is 282 g/mol. The van der Waals surface area contributed by atoms with Gasteiger partial charge in [-0.15, -0.1) is 11.6 Å². The number of nitrogens with one attached hydrogen (secondary N) is 1. The number of amides is 1. The maximum absolute atomic E-state index is 12.5. The average molecular weight is 308 g/mol. The number of alkyl halides is 1. The predicted octanol–water partition coefficient (Wildman–Crippen LogP) is 4.27. The van der Waals surface area contributed by atoms with Crippen LogP contribution in [0.25, 0.3) is 0 Å². The number of hydrogen-bond acceptors (Lipinski definition) is 1. The lowest BCUT2D eigenvalue weighted by molar-refractivity contribution is -0.122. The highest BCUT2D eigenvalue weighted by atomic mass is 35.5. The Labute approximate surface area is 133 Å². The smallest absolute Gasteiger partial charge is 0.227 e. The van der Waals surface area contributed by atoms with E-state index in [9.17, 15) is 4.79 Å². The van der Waals surface area contributed by atoms with Gasteiger partial charge in [0.2, 0.25) is 5.91 Å². The van der Waals surface area contributed by atoms with Gasteiger partial charge in [-0.2, -0.15) is 0 Å². The molecule has 2 rings (SSSR count). The van der Waals surface area contributed by atoms with E-state index in [0.717, 1.165) is 25.7 Å². The van der Waals surface area contributed by atoms with Crippen LogP contribution in [0.4, 0.5) is 0 Å². The largest absolute Gasteiger partial charge is 0.354 e. The second-order valence-electron chi connectivity index (χ2n) is 7.25. The van der Waals surface area contributed by atoms with Gasteiger partial charge >= 0.3 is 0 Å². The summed E-state index contributed by atoms with van der Waals surface area (Å²) >= 11 is 6.33. The lowest BCUT2D eigenvalue weighted by Gasteiger charge is -2.26. The first kappa shape index (κ1) is 16.4. The van der Waals surface area contributed by atoms with Gasteiger partial charge in [0, 0.05) is 6.54 Å². The van der Waals surface area contributed by atoms with Crippen molar-refractivity contribution in [3.63, 3.8) is 0 Å². The zero-order chi connectivity index (χ0) is 15.5. The Hall–Kier alpha value is -1.02. The minimum atomic E-state index is -0.00668. The van der Waals surface area contributed by atoms with Crippen LogP contribution in [0.15, 0.2) is 24.3 Å². The van der Waals surface area contributed by atoms with Gasteiger partial charge in [-0.3, -0.25) is 4.79 Å². The normalized spacial score (nSPS) is 19.7. The Morgan fingerprint density at radius 2 is 2.10 bits per heavy atom. The molecular formula is C18H26ClNO. The summed E-state index contributed by atoms with van der Waals surface area (Å²) in [5, 5.41) is 3.04. The van der Waals surface area contributed by atoms with Crippen molar-refractivity contribution in [2.75, 3.05) is 6.54 Å². The second kappa shape index (κ2) is 6.83. The summed E-state index contributed by atoms with van der Waals surface area (Å²) in [6.07, 6.45) is 4.01. The SMILES string of the molecule is CC(C)(C)CC(Cl)CNC(=O)C1CCCc2ccccc21. The zero-order valence-electron chi connectivity index (χ0n) is 13.3. The lowest BCUT2D eigenvalue weighted by atomic mass is 9.82. The highest BCUT2D eigenvalue weighted by Crippen LogP contribution is 2.31. The van der Waals surface area contributed by atoms with Crippen molar-refractivity contribution in [3.05, 3.63) is 35.4 Å². The van der Waals surface area contributed by atoms with E-state index in [2.05, 4.69) is 44.3 Å². The molecule has 1 aliphatic rings. The topological polar surface area (TPSA) is 29.1 Å². The fourth-order valence-electron chi connectivity index (χ4n) is 3.10. The third-order valence-corrected chi connectivity index (χ3v) is 4.33. The maximum atomic E-state index is 12.5. The van der Waals surface area contributed by atoms with Gasteiger partial charge in [0.1, 0.15) is 0 Å². The average Bonchev–Trinajstić information content (AvgIpc) is 2.42. The number of fused-ring (bicyclic) bond motifs is 1. The van der Waals surface area contributed by atoms with Crippen LogP contribution in [0.2, 0.25) is 0 Å². The van der Waals surface area contributed by atoms with Crippen molar-refractivity contribution < 1.29 is 4.79 Å². The third-order valence-electron chi connectivity index (χ3n) is 4.02. The van der Waals surface area contributed by atoms with Crippen LogP contribution < -0.4 is 5.32 Å². The number of halogens is 1. The van der Waals surface area contributed by atoms with Crippen molar-refractivity contribution in [2.45, 2.75) is 57.7 Å². The number of rotatable bonds is 4.